The first-order chi connectivity index (χ1) is 14.7. The Bertz CT molecular complexity index is 1060. The number of benzene rings is 2. The fraction of sp³-hybridized carbons (Fsp3) is 0.381. The largest absolute Gasteiger partial charge is 0.508 e. The zero-order valence-corrected chi connectivity index (χ0v) is 17.6. The van der Waals surface area contributed by atoms with Crippen molar-refractivity contribution in [3.63, 3.8) is 0 Å². The summed E-state index contributed by atoms with van der Waals surface area (Å²) in [6.45, 7) is 1.49. The van der Waals surface area contributed by atoms with Gasteiger partial charge in [-0.2, -0.15) is 0 Å². The minimum Gasteiger partial charge on any atom is -0.508 e. The normalized spacial score (nSPS) is 21.3. The van der Waals surface area contributed by atoms with Gasteiger partial charge in [0.25, 0.3) is 5.91 Å². The summed E-state index contributed by atoms with van der Waals surface area (Å²) >= 11 is 0. The van der Waals surface area contributed by atoms with Gasteiger partial charge >= 0.3 is 0 Å². The molecule has 2 aromatic rings. The summed E-state index contributed by atoms with van der Waals surface area (Å²) in [6.07, 6.45) is 1.95. The predicted octanol–water partition coefficient (Wildman–Crippen LogP) is 1.43. The number of amides is 1. The van der Waals surface area contributed by atoms with Crippen molar-refractivity contribution in [3.05, 3.63) is 53.8 Å². The van der Waals surface area contributed by atoms with E-state index >= 15 is 0 Å². The van der Waals surface area contributed by atoms with E-state index in [0.29, 0.717) is 19.6 Å². The third-order valence-corrected chi connectivity index (χ3v) is 6.78. The second-order valence-electron chi connectivity index (χ2n) is 7.95. The number of nitrogens with two attached hydrogens (primary N) is 1. The summed E-state index contributed by atoms with van der Waals surface area (Å²) in [7, 11) is -4.12. The summed E-state index contributed by atoms with van der Waals surface area (Å²) in [5.41, 5.74) is 1.03. The van der Waals surface area contributed by atoms with Gasteiger partial charge in [-0.15, -0.1) is 0 Å². The zero-order valence-electron chi connectivity index (χ0n) is 16.8. The number of ether oxygens (including phenoxy) is 1. The second kappa shape index (κ2) is 8.45. The fourth-order valence-corrected chi connectivity index (χ4v) is 5.01. The Labute approximate surface area is 180 Å². The number of sulfonamides is 1. The van der Waals surface area contributed by atoms with Crippen molar-refractivity contribution in [1.29, 1.82) is 0 Å². The number of carbonyl (C=O) groups excluding carboxylic acids is 1. The molecule has 2 saturated heterocycles. The lowest BCUT2D eigenvalue weighted by Crippen LogP contribution is -2.55. The molecule has 0 saturated carbocycles. The molecule has 2 fully saturated rings. The lowest BCUT2D eigenvalue weighted by atomic mass is 10.1. The average molecular weight is 450 g/mol. The molecule has 2 atom stereocenters. The predicted molar refractivity (Wildman–Crippen MR) is 110 cm³/mol. The Balaban J connectivity index is 1.38. The number of piperazine rings is 1. The van der Waals surface area contributed by atoms with E-state index in [2.05, 4.69) is 4.90 Å². The first-order valence-electron chi connectivity index (χ1n) is 9.97. The van der Waals surface area contributed by atoms with Crippen molar-refractivity contribution in [1.82, 2.24) is 9.80 Å². The molecule has 8 nitrogen and oxygen atoms in total. The quantitative estimate of drug-likeness (QED) is 0.690. The summed E-state index contributed by atoms with van der Waals surface area (Å²) in [4.78, 5) is 16.5. The van der Waals surface area contributed by atoms with Crippen molar-refractivity contribution in [2.45, 2.75) is 36.4 Å². The Hall–Kier alpha value is -2.69. The van der Waals surface area contributed by atoms with E-state index in [1.807, 2.05) is 0 Å². The summed E-state index contributed by atoms with van der Waals surface area (Å²) < 4.78 is 42.0. The van der Waals surface area contributed by atoms with Crippen molar-refractivity contribution >= 4 is 15.9 Å². The monoisotopic (exact) mass is 449 g/mol. The van der Waals surface area contributed by atoms with Crippen LogP contribution in [-0.4, -0.2) is 61.0 Å². The van der Waals surface area contributed by atoms with Gasteiger partial charge < -0.3 is 14.7 Å². The van der Waals surface area contributed by atoms with Gasteiger partial charge in [0, 0.05) is 37.8 Å². The van der Waals surface area contributed by atoms with Crippen molar-refractivity contribution < 1.29 is 27.4 Å². The molecule has 166 valence electrons. The van der Waals surface area contributed by atoms with Gasteiger partial charge in [-0.05, 0) is 42.7 Å². The Morgan fingerprint density at radius 2 is 1.77 bits per heavy atom. The van der Waals surface area contributed by atoms with Crippen LogP contribution in [0.25, 0.3) is 0 Å². The van der Waals surface area contributed by atoms with Gasteiger partial charge in [0.15, 0.2) is 6.61 Å². The topological polar surface area (TPSA) is 113 Å². The summed E-state index contributed by atoms with van der Waals surface area (Å²) in [6, 6.07) is 10.4. The van der Waals surface area contributed by atoms with Crippen molar-refractivity contribution in [2.75, 3.05) is 19.7 Å². The number of likely N-dealkylation sites (tertiary alicyclic amines) is 1. The van der Waals surface area contributed by atoms with E-state index in [0.717, 1.165) is 24.5 Å². The van der Waals surface area contributed by atoms with E-state index in [4.69, 9.17) is 9.88 Å². The van der Waals surface area contributed by atoms with Crippen molar-refractivity contribution in [2.24, 2.45) is 5.14 Å². The molecule has 0 spiro atoms. The number of primary sulfonamides is 1. The van der Waals surface area contributed by atoms with Gasteiger partial charge in [0.2, 0.25) is 10.0 Å². The molecule has 0 radical (unpaired) electrons. The molecule has 2 bridgehead atoms. The SMILES string of the molecule is NS(=O)(=O)c1cc(O)ccc1OCC(=O)N1CC2CCC(C1)N2Cc1ccc(F)cc1. The molecule has 2 heterocycles. The highest BCUT2D eigenvalue weighted by molar-refractivity contribution is 7.89. The van der Waals surface area contributed by atoms with Crippen LogP contribution in [0.4, 0.5) is 4.39 Å². The Morgan fingerprint density at radius 3 is 2.39 bits per heavy atom. The molecule has 2 aromatic carbocycles. The molecule has 3 N–H and O–H groups in total. The molecule has 10 heteroatoms. The van der Waals surface area contributed by atoms with E-state index in [1.54, 1.807) is 17.0 Å². The van der Waals surface area contributed by atoms with Crippen molar-refractivity contribution in [3.8, 4) is 11.5 Å². The maximum atomic E-state index is 13.2. The number of nitrogens with zero attached hydrogens (tertiary/aromatic N) is 2. The van der Waals surface area contributed by atoms with Gasteiger partial charge in [-0.1, -0.05) is 12.1 Å². The van der Waals surface area contributed by atoms with Gasteiger partial charge in [-0.3, -0.25) is 9.69 Å². The minimum absolute atomic E-state index is 0.0773. The van der Waals surface area contributed by atoms with E-state index in [-0.39, 0.29) is 46.8 Å². The molecule has 2 aliphatic heterocycles. The lowest BCUT2D eigenvalue weighted by Gasteiger charge is -2.41. The molecule has 31 heavy (non-hydrogen) atoms. The number of phenolic OH excluding ortho intramolecular Hbond substituents is 1. The number of halogens is 1. The number of hydrogen-bond acceptors (Lipinski definition) is 6. The van der Waals surface area contributed by atoms with Crippen LogP contribution >= 0.6 is 0 Å². The number of carbonyl (C=O) groups is 1. The number of aromatic hydroxyl groups is 1. The molecule has 4 rings (SSSR count). The van der Waals surface area contributed by atoms with Crippen LogP contribution in [0.3, 0.4) is 0 Å². The number of hydrogen-bond donors (Lipinski definition) is 2. The molecular weight excluding hydrogens is 425 g/mol. The van der Waals surface area contributed by atoms with Crippen LogP contribution in [-0.2, 0) is 21.4 Å². The highest BCUT2D eigenvalue weighted by atomic mass is 32.2. The third-order valence-electron chi connectivity index (χ3n) is 5.85. The molecule has 2 unspecified atom stereocenters. The highest BCUT2D eigenvalue weighted by Gasteiger charge is 2.41. The first kappa shape index (κ1) is 21.5. The smallest absolute Gasteiger partial charge is 0.260 e. The standard InChI is InChI=1S/C21H24FN3O5S/c22-15-3-1-14(2-4-15)10-25-16-5-6-17(25)12-24(11-16)21(27)13-30-19-8-7-18(26)9-20(19)31(23,28)29/h1-4,7-9,16-17,26H,5-6,10-13H2,(H2,23,28,29). The first-order valence-corrected chi connectivity index (χ1v) is 11.5. The third kappa shape index (κ3) is 4.81. The van der Waals surface area contributed by atoms with Crippen LogP contribution in [0.5, 0.6) is 11.5 Å². The van der Waals surface area contributed by atoms with Gasteiger partial charge in [0.1, 0.15) is 22.2 Å². The summed E-state index contributed by atoms with van der Waals surface area (Å²) in [5.74, 6) is -0.851. The van der Waals surface area contributed by atoms with Crippen LogP contribution in [0.15, 0.2) is 47.4 Å². The number of fused-ring (bicyclic) bond motifs is 2. The maximum Gasteiger partial charge on any atom is 0.260 e. The molecule has 2 aliphatic rings. The zero-order chi connectivity index (χ0) is 22.2. The van der Waals surface area contributed by atoms with Crippen LogP contribution in [0.2, 0.25) is 0 Å². The van der Waals surface area contributed by atoms with E-state index in [9.17, 15) is 22.7 Å². The molecule has 0 aliphatic carbocycles. The van der Waals surface area contributed by atoms with Gasteiger partial charge in [0.05, 0.1) is 0 Å². The van der Waals surface area contributed by atoms with Crippen LogP contribution < -0.4 is 9.88 Å². The number of phenols is 1. The molecule has 0 aromatic heterocycles. The molecular formula is C21H24FN3O5S. The van der Waals surface area contributed by atoms with Crippen LogP contribution in [0, 0.1) is 5.82 Å². The van der Waals surface area contributed by atoms with Gasteiger partial charge in [-0.25, -0.2) is 17.9 Å². The fourth-order valence-electron chi connectivity index (χ4n) is 4.32. The van der Waals surface area contributed by atoms with E-state index in [1.165, 1.54) is 24.3 Å². The Kier molecular flexibility index (Phi) is 5.87. The van der Waals surface area contributed by atoms with E-state index < -0.39 is 10.0 Å². The highest BCUT2D eigenvalue weighted by Crippen LogP contribution is 2.32. The second-order valence-corrected chi connectivity index (χ2v) is 9.48. The number of rotatable bonds is 6. The lowest BCUT2D eigenvalue weighted by molar-refractivity contribution is -0.137. The van der Waals surface area contributed by atoms with Crippen LogP contribution in [0.1, 0.15) is 18.4 Å². The molecule has 1 amide bonds. The summed E-state index contributed by atoms with van der Waals surface area (Å²) in [5, 5.41) is 14.7. The Morgan fingerprint density at radius 1 is 1.13 bits per heavy atom. The minimum atomic E-state index is -4.12. The maximum absolute atomic E-state index is 13.2. The average Bonchev–Trinajstić information content (AvgIpc) is 2.94.